The van der Waals surface area contributed by atoms with Gasteiger partial charge in [0.05, 0.1) is 6.61 Å². The number of hydrogen-bond acceptors (Lipinski definition) is 5. The van der Waals surface area contributed by atoms with Gasteiger partial charge in [0.2, 0.25) is 5.95 Å². The van der Waals surface area contributed by atoms with Gasteiger partial charge in [-0.3, -0.25) is 0 Å². The second-order valence-corrected chi connectivity index (χ2v) is 4.55. The Balaban J connectivity index is 2.64. The summed E-state index contributed by atoms with van der Waals surface area (Å²) in [7, 11) is 5.62. The van der Waals surface area contributed by atoms with Crippen LogP contribution in [0.5, 0.6) is 0 Å². The Kier molecular flexibility index (Phi) is 6.60. The molecule has 0 aliphatic rings. The highest BCUT2D eigenvalue weighted by atomic mass is 16.5. The van der Waals surface area contributed by atoms with Crippen molar-refractivity contribution in [2.45, 2.75) is 25.8 Å². The molecule has 0 saturated heterocycles. The fourth-order valence-corrected chi connectivity index (χ4v) is 1.71. The second kappa shape index (κ2) is 8.00. The van der Waals surface area contributed by atoms with E-state index in [2.05, 4.69) is 22.2 Å². The first-order valence-corrected chi connectivity index (χ1v) is 6.39. The van der Waals surface area contributed by atoms with E-state index in [9.17, 15) is 0 Å². The maximum Gasteiger partial charge on any atom is 0.224 e. The number of methoxy groups -OCH3 is 1. The lowest BCUT2D eigenvalue weighted by Gasteiger charge is -2.18. The van der Waals surface area contributed by atoms with Gasteiger partial charge in [-0.15, -0.1) is 0 Å². The van der Waals surface area contributed by atoms with E-state index in [1.54, 1.807) is 13.3 Å². The zero-order valence-electron chi connectivity index (χ0n) is 11.8. The van der Waals surface area contributed by atoms with Gasteiger partial charge in [0.1, 0.15) is 0 Å². The standard InChI is InChI=1S/C13H24N4O/c1-5-7-14-12(10-18-4)9-11-6-8-15-13(16-11)17(2)3/h6,8,12,14H,5,7,9-10H2,1-4H3. The molecule has 1 rings (SSSR count). The van der Waals surface area contributed by atoms with Crippen LogP contribution in [0.15, 0.2) is 12.3 Å². The molecule has 0 amide bonds. The van der Waals surface area contributed by atoms with Crippen LogP contribution in [0.25, 0.3) is 0 Å². The Morgan fingerprint density at radius 3 is 2.83 bits per heavy atom. The molecule has 0 saturated carbocycles. The number of hydrogen-bond donors (Lipinski definition) is 1. The van der Waals surface area contributed by atoms with Crippen LogP contribution in [0.3, 0.4) is 0 Å². The smallest absolute Gasteiger partial charge is 0.224 e. The fraction of sp³-hybridized carbons (Fsp3) is 0.692. The van der Waals surface area contributed by atoms with E-state index in [-0.39, 0.29) is 0 Å². The molecule has 0 spiro atoms. The lowest BCUT2D eigenvalue weighted by Crippen LogP contribution is -2.36. The number of rotatable bonds is 8. The molecule has 1 aromatic rings. The molecule has 0 fully saturated rings. The first kappa shape index (κ1) is 14.9. The van der Waals surface area contributed by atoms with Crippen molar-refractivity contribution in [1.82, 2.24) is 15.3 Å². The van der Waals surface area contributed by atoms with E-state index < -0.39 is 0 Å². The highest BCUT2D eigenvalue weighted by Gasteiger charge is 2.10. The van der Waals surface area contributed by atoms with E-state index in [0.29, 0.717) is 12.6 Å². The zero-order chi connectivity index (χ0) is 13.4. The molecule has 5 heteroatoms. The maximum absolute atomic E-state index is 5.23. The summed E-state index contributed by atoms with van der Waals surface area (Å²) in [5.41, 5.74) is 1.04. The van der Waals surface area contributed by atoms with Crippen molar-refractivity contribution in [3.8, 4) is 0 Å². The molecular weight excluding hydrogens is 228 g/mol. The van der Waals surface area contributed by atoms with Crippen LogP contribution in [0.4, 0.5) is 5.95 Å². The van der Waals surface area contributed by atoms with Gasteiger partial charge >= 0.3 is 0 Å². The minimum absolute atomic E-state index is 0.305. The zero-order valence-corrected chi connectivity index (χ0v) is 11.8. The normalized spacial score (nSPS) is 12.4. The van der Waals surface area contributed by atoms with Crippen LogP contribution in [-0.2, 0) is 11.2 Å². The summed E-state index contributed by atoms with van der Waals surface area (Å²) in [5.74, 6) is 0.749. The monoisotopic (exact) mass is 252 g/mol. The van der Waals surface area contributed by atoms with Gasteiger partial charge in [0.15, 0.2) is 0 Å². The number of nitrogens with one attached hydrogen (secondary N) is 1. The average molecular weight is 252 g/mol. The van der Waals surface area contributed by atoms with Gasteiger partial charge in [-0.2, -0.15) is 0 Å². The van der Waals surface area contributed by atoms with Crippen molar-refractivity contribution < 1.29 is 4.74 Å². The van der Waals surface area contributed by atoms with Gasteiger partial charge in [0.25, 0.3) is 0 Å². The van der Waals surface area contributed by atoms with Crippen molar-refractivity contribution in [1.29, 1.82) is 0 Å². The van der Waals surface area contributed by atoms with Crippen molar-refractivity contribution in [2.75, 3.05) is 39.3 Å². The van der Waals surface area contributed by atoms with Gasteiger partial charge in [0, 0.05) is 45.6 Å². The lowest BCUT2D eigenvalue weighted by molar-refractivity contribution is 0.165. The quantitative estimate of drug-likeness (QED) is 0.751. The van der Waals surface area contributed by atoms with Crippen molar-refractivity contribution in [2.24, 2.45) is 0 Å². The van der Waals surface area contributed by atoms with E-state index in [4.69, 9.17) is 4.74 Å². The predicted molar refractivity (Wildman–Crippen MR) is 74.0 cm³/mol. The van der Waals surface area contributed by atoms with Crippen LogP contribution in [-0.4, -0.2) is 50.4 Å². The molecule has 5 nitrogen and oxygen atoms in total. The molecule has 0 aliphatic heterocycles. The summed E-state index contributed by atoms with van der Waals surface area (Å²) in [6.07, 6.45) is 3.78. The van der Waals surface area contributed by atoms with Gasteiger partial charge in [-0.25, -0.2) is 9.97 Å². The number of ether oxygens (including phenoxy) is 1. The molecule has 0 aliphatic carbocycles. The Morgan fingerprint density at radius 1 is 1.44 bits per heavy atom. The molecule has 18 heavy (non-hydrogen) atoms. The molecule has 1 atom stereocenters. The molecule has 1 unspecified atom stereocenters. The van der Waals surface area contributed by atoms with Crippen LogP contribution >= 0.6 is 0 Å². The molecule has 1 N–H and O–H groups in total. The second-order valence-electron chi connectivity index (χ2n) is 4.55. The third kappa shape index (κ3) is 4.98. The topological polar surface area (TPSA) is 50.3 Å². The lowest BCUT2D eigenvalue weighted by atomic mass is 10.1. The van der Waals surface area contributed by atoms with Gasteiger partial charge in [-0.05, 0) is 19.0 Å². The van der Waals surface area contributed by atoms with Crippen molar-refractivity contribution >= 4 is 5.95 Å². The minimum Gasteiger partial charge on any atom is -0.383 e. The van der Waals surface area contributed by atoms with Crippen molar-refractivity contribution in [3.63, 3.8) is 0 Å². The van der Waals surface area contributed by atoms with E-state index in [1.807, 2.05) is 25.1 Å². The summed E-state index contributed by atoms with van der Waals surface area (Å²) < 4.78 is 5.23. The third-order valence-corrected chi connectivity index (χ3v) is 2.61. The molecule has 102 valence electrons. The summed E-state index contributed by atoms with van der Waals surface area (Å²) in [5, 5.41) is 3.47. The van der Waals surface area contributed by atoms with Gasteiger partial charge in [-0.1, -0.05) is 6.92 Å². The molecule has 0 radical (unpaired) electrons. The maximum atomic E-state index is 5.23. The Morgan fingerprint density at radius 2 is 2.22 bits per heavy atom. The van der Waals surface area contributed by atoms with Crippen molar-refractivity contribution in [3.05, 3.63) is 18.0 Å². The number of nitrogens with zero attached hydrogens (tertiary/aromatic N) is 3. The number of anilines is 1. The van der Waals surface area contributed by atoms with Crippen LogP contribution < -0.4 is 10.2 Å². The summed E-state index contributed by atoms with van der Waals surface area (Å²) >= 11 is 0. The van der Waals surface area contributed by atoms with Crippen LogP contribution in [0.1, 0.15) is 19.0 Å². The largest absolute Gasteiger partial charge is 0.383 e. The molecule has 1 aromatic heterocycles. The molecule has 0 bridgehead atoms. The van der Waals surface area contributed by atoms with Gasteiger partial charge < -0.3 is 15.0 Å². The first-order chi connectivity index (χ1) is 8.67. The summed E-state index contributed by atoms with van der Waals surface area (Å²) in [6.45, 7) is 3.85. The molecular formula is C13H24N4O. The molecule has 0 aromatic carbocycles. The molecule has 1 heterocycles. The fourth-order valence-electron chi connectivity index (χ4n) is 1.71. The Bertz CT molecular complexity index is 344. The third-order valence-electron chi connectivity index (χ3n) is 2.61. The highest BCUT2D eigenvalue weighted by molar-refractivity contribution is 5.27. The summed E-state index contributed by atoms with van der Waals surface area (Å²) in [4.78, 5) is 10.7. The van der Waals surface area contributed by atoms with E-state index >= 15 is 0 Å². The first-order valence-electron chi connectivity index (χ1n) is 6.39. The van der Waals surface area contributed by atoms with Crippen LogP contribution in [0.2, 0.25) is 0 Å². The average Bonchev–Trinajstić information content (AvgIpc) is 2.36. The van der Waals surface area contributed by atoms with E-state index in [0.717, 1.165) is 31.0 Å². The van der Waals surface area contributed by atoms with Crippen LogP contribution in [0, 0.1) is 0 Å². The minimum atomic E-state index is 0.305. The SMILES string of the molecule is CCCNC(COC)Cc1ccnc(N(C)C)n1. The highest BCUT2D eigenvalue weighted by Crippen LogP contribution is 2.06. The summed E-state index contributed by atoms with van der Waals surface area (Å²) in [6, 6.07) is 2.27. The van der Waals surface area contributed by atoms with E-state index in [1.165, 1.54) is 0 Å². The number of aromatic nitrogens is 2. The Labute approximate surface area is 110 Å². The predicted octanol–water partition coefficient (Wildman–Crippen LogP) is 1.10. The Hall–Kier alpha value is -1.20.